The SMILES string of the molecule is CCN(CCNC(=NC)NCc1cc2c(cc1OC(F)F)OCO2)C(C)C.I. The first-order chi connectivity index (χ1) is 12.9. The Balaban J connectivity index is 0.00000392. The monoisotopic (exact) mass is 514 g/mol. The third-order valence-corrected chi connectivity index (χ3v) is 4.27. The van der Waals surface area contributed by atoms with E-state index in [4.69, 9.17) is 9.47 Å². The van der Waals surface area contributed by atoms with Crippen molar-refractivity contribution in [3.8, 4) is 17.2 Å². The van der Waals surface area contributed by atoms with E-state index in [2.05, 4.69) is 46.0 Å². The van der Waals surface area contributed by atoms with Gasteiger partial charge in [-0.15, -0.1) is 24.0 Å². The van der Waals surface area contributed by atoms with Gasteiger partial charge in [0.2, 0.25) is 6.79 Å². The molecule has 0 unspecified atom stereocenters. The van der Waals surface area contributed by atoms with Gasteiger partial charge >= 0.3 is 6.61 Å². The predicted molar refractivity (Wildman–Crippen MR) is 115 cm³/mol. The van der Waals surface area contributed by atoms with Crippen LogP contribution < -0.4 is 24.8 Å². The molecule has 0 bridgehead atoms. The molecule has 0 saturated carbocycles. The van der Waals surface area contributed by atoms with Gasteiger partial charge < -0.3 is 24.8 Å². The Kier molecular flexibility index (Phi) is 10.6. The van der Waals surface area contributed by atoms with Crippen molar-refractivity contribution in [1.82, 2.24) is 15.5 Å². The lowest BCUT2D eigenvalue weighted by molar-refractivity contribution is -0.0505. The van der Waals surface area contributed by atoms with Crippen LogP contribution in [0.5, 0.6) is 17.2 Å². The Hall–Kier alpha value is -1.56. The van der Waals surface area contributed by atoms with Crippen LogP contribution in [0.15, 0.2) is 17.1 Å². The van der Waals surface area contributed by atoms with Gasteiger partial charge in [0.15, 0.2) is 17.5 Å². The zero-order chi connectivity index (χ0) is 19.8. The molecule has 7 nitrogen and oxygen atoms in total. The summed E-state index contributed by atoms with van der Waals surface area (Å²) in [5.41, 5.74) is 0.528. The maximum absolute atomic E-state index is 12.7. The second-order valence-corrected chi connectivity index (χ2v) is 6.27. The molecule has 0 spiro atoms. The number of ether oxygens (including phenoxy) is 3. The smallest absolute Gasteiger partial charge is 0.387 e. The lowest BCUT2D eigenvalue weighted by Crippen LogP contribution is -2.42. The molecule has 28 heavy (non-hydrogen) atoms. The highest BCUT2D eigenvalue weighted by Gasteiger charge is 2.20. The molecule has 0 amide bonds. The van der Waals surface area contributed by atoms with Crippen LogP contribution in [0.2, 0.25) is 0 Å². The summed E-state index contributed by atoms with van der Waals surface area (Å²) >= 11 is 0. The molecule has 1 aliphatic rings. The van der Waals surface area contributed by atoms with Gasteiger partial charge in [0.1, 0.15) is 5.75 Å². The molecule has 0 aliphatic carbocycles. The molecular formula is C18H29F2IN4O3. The minimum atomic E-state index is -2.92. The fourth-order valence-electron chi connectivity index (χ4n) is 2.81. The summed E-state index contributed by atoms with van der Waals surface area (Å²) in [6, 6.07) is 3.52. The van der Waals surface area contributed by atoms with Crippen LogP contribution in [0.4, 0.5) is 8.78 Å². The van der Waals surface area contributed by atoms with E-state index in [1.807, 2.05) is 0 Å². The van der Waals surface area contributed by atoms with Crippen LogP contribution in [0.3, 0.4) is 0 Å². The molecule has 1 aromatic rings. The van der Waals surface area contributed by atoms with Crippen LogP contribution in [0.1, 0.15) is 26.3 Å². The van der Waals surface area contributed by atoms with Crippen LogP contribution in [0, 0.1) is 0 Å². The number of guanidine groups is 1. The van der Waals surface area contributed by atoms with E-state index in [0.29, 0.717) is 35.6 Å². The van der Waals surface area contributed by atoms with E-state index in [0.717, 1.165) is 13.1 Å². The summed E-state index contributed by atoms with van der Waals surface area (Å²) in [5, 5.41) is 6.33. The largest absolute Gasteiger partial charge is 0.454 e. The zero-order valence-electron chi connectivity index (χ0n) is 16.6. The topological polar surface area (TPSA) is 67.4 Å². The van der Waals surface area contributed by atoms with Gasteiger partial charge in [0.25, 0.3) is 0 Å². The Morgan fingerprint density at radius 2 is 1.93 bits per heavy atom. The lowest BCUT2D eigenvalue weighted by atomic mass is 10.1. The fourth-order valence-corrected chi connectivity index (χ4v) is 2.81. The zero-order valence-corrected chi connectivity index (χ0v) is 19.0. The lowest BCUT2D eigenvalue weighted by Gasteiger charge is -2.25. The van der Waals surface area contributed by atoms with E-state index < -0.39 is 6.61 Å². The molecule has 2 N–H and O–H groups in total. The highest BCUT2D eigenvalue weighted by atomic mass is 127. The first-order valence-corrected chi connectivity index (χ1v) is 9.00. The number of nitrogens with one attached hydrogen (secondary N) is 2. The summed E-state index contributed by atoms with van der Waals surface area (Å²) in [5.74, 6) is 1.53. The Bertz CT molecular complexity index is 648. The summed E-state index contributed by atoms with van der Waals surface area (Å²) in [6.07, 6.45) is 0. The molecule has 10 heteroatoms. The van der Waals surface area contributed by atoms with Crippen molar-refractivity contribution < 1.29 is 23.0 Å². The molecule has 1 aromatic carbocycles. The number of nitrogens with zero attached hydrogens (tertiary/aromatic N) is 2. The quantitative estimate of drug-likeness (QED) is 0.300. The van der Waals surface area contributed by atoms with E-state index in [1.54, 1.807) is 13.1 Å². The number of hydrogen-bond acceptors (Lipinski definition) is 5. The summed E-state index contributed by atoms with van der Waals surface area (Å²) in [6.45, 7) is 6.38. The highest BCUT2D eigenvalue weighted by Crippen LogP contribution is 2.38. The molecule has 1 heterocycles. The van der Waals surface area contributed by atoms with Crippen molar-refractivity contribution in [3.63, 3.8) is 0 Å². The summed E-state index contributed by atoms with van der Waals surface area (Å²) in [7, 11) is 1.66. The number of halogens is 3. The second-order valence-electron chi connectivity index (χ2n) is 6.27. The molecule has 0 atom stereocenters. The van der Waals surface area contributed by atoms with Crippen molar-refractivity contribution in [2.75, 3.05) is 33.5 Å². The van der Waals surface area contributed by atoms with Gasteiger partial charge in [0, 0.05) is 44.4 Å². The van der Waals surface area contributed by atoms with Gasteiger partial charge in [-0.05, 0) is 26.5 Å². The van der Waals surface area contributed by atoms with E-state index in [-0.39, 0.29) is 43.1 Å². The third-order valence-electron chi connectivity index (χ3n) is 4.27. The Labute approximate surface area is 181 Å². The Morgan fingerprint density at radius 3 is 2.50 bits per heavy atom. The molecule has 0 fully saturated rings. The van der Waals surface area contributed by atoms with Crippen molar-refractivity contribution in [2.24, 2.45) is 4.99 Å². The minimum Gasteiger partial charge on any atom is -0.454 e. The van der Waals surface area contributed by atoms with Crippen LogP contribution >= 0.6 is 24.0 Å². The standard InChI is InChI=1S/C18H28F2N4O3.HI/c1-5-24(12(2)3)7-6-22-18(21-4)23-10-13-8-15-16(26-11-25-15)9-14(13)27-17(19)20;/h8-9,12,17H,5-7,10-11H2,1-4H3,(H2,21,22,23);1H. The van der Waals surface area contributed by atoms with Gasteiger partial charge in [-0.1, -0.05) is 6.92 Å². The first-order valence-electron chi connectivity index (χ1n) is 9.00. The average molecular weight is 514 g/mol. The average Bonchev–Trinajstić information content (AvgIpc) is 3.07. The normalized spacial score (nSPS) is 13.1. The van der Waals surface area contributed by atoms with Gasteiger partial charge in [-0.2, -0.15) is 8.78 Å². The predicted octanol–water partition coefficient (Wildman–Crippen LogP) is 3.03. The second kappa shape index (κ2) is 12.1. The van der Waals surface area contributed by atoms with Crippen molar-refractivity contribution in [1.29, 1.82) is 0 Å². The molecule has 0 aromatic heterocycles. The number of alkyl halides is 2. The maximum Gasteiger partial charge on any atom is 0.387 e. The Morgan fingerprint density at radius 1 is 1.25 bits per heavy atom. The van der Waals surface area contributed by atoms with Gasteiger partial charge in [-0.3, -0.25) is 9.89 Å². The number of hydrogen-bond donors (Lipinski definition) is 2. The molecule has 0 saturated heterocycles. The number of benzene rings is 1. The van der Waals surface area contributed by atoms with Crippen LogP contribution in [-0.4, -0.2) is 57.0 Å². The number of likely N-dealkylation sites (N-methyl/N-ethyl adjacent to an activating group) is 1. The van der Waals surface area contributed by atoms with Crippen molar-refractivity contribution in [3.05, 3.63) is 17.7 Å². The van der Waals surface area contributed by atoms with E-state index >= 15 is 0 Å². The summed E-state index contributed by atoms with van der Waals surface area (Å²) in [4.78, 5) is 6.49. The summed E-state index contributed by atoms with van der Waals surface area (Å²) < 4.78 is 40.6. The maximum atomic E-state index is 12.7. The van der Waals surface area contributed by atoms with Gasteiger partial charge in [0.05, 0.1) is 0 Å². The van der Waals surface area contributed by atoms with E-state index in [9.17, 15) is 8.78 Å². The number of rotatable bonds is 9. The molecule has 1 aliphatic heterocycles. The third kappa shape index (κ3) is 7.12. The fraction of sp³-hybridized carbons (Fsp3) is 0.611. The highest BCUT2D eigenvalue weighted by molar-refractivity contribution is 14.0. The van der Waals surface area contributed by atoms with Crippen molar-refractivity contribution >= 4 is 29.9 Å². The van der Waals surface area contributed by atoms with Crippen LogP contribution in [-0.2, 0) is 6.54 Å². The first kappa shape index (κ1) is 24.5. The van der Waals surface area contributed by atoms with Crippen molar-refractivity contribution in [2.45, 2.75) is 40.0 Å². The number of fused-ring (bicyclic) bond motifs is 1. The molecule has 0 radical (unpaired) electrons. The molecule has 160 valence electrons. The minimum absolute atomic E-state index is 0. The van der Waals surface area contributed by atoms with E-state index in [1.165, 1.54) is 6.07 Å². The molecular weight excluding hydrogens is 485 g/mol. The number of aliphatic imine (C=N–C) groups is 1. The van der Waals surface area contributed by atoms with Crippen LogP contribution in [0.25, 0.3) is 0 Å². The molecule has 2 rings (SSSR count). The van der Waals surface area contributed by atoms with Gasteiger partial charge in [-0.25, -0.2) is 0 Å².